The van der Waals surface area contributed by atoms with Gasteiger partial charge in [0, 0.05) is 6.20 Å². The molecule has 0 bridgehead atoms. The monoisotopic (exact) mass is 162 g/mol. The van der Waals surface area contributed by atoms with E-state index in [-0.39, 0.29) is 0 Å². The van der Waals surface area contributed by atoms with Crippen molar-refractivity contribution in [2.75, 3.05) is 0 Å². The van der Waals surface area contributed by atoms with Crippen LogP contribution in [0.4, 0.5) is 0 Å². The molecule has 49 valence electrons. The molecule has 1 unspecified atom stereocenters. The first-order chi connectivity index (χ1) is 4.20. The predicted octanol–water partition coefficient (Wildman–Crippen LogP) is 1.66. The highest BCUT2D eigenvalue weighted by Crippen LogP contribution is 2.22. The van der Waals surface area contributed by atoms with Crippen LogP contribution in [0.25, 0.3) is 0 Å². The maximum absolute atomic E-state index is 8.84. The molecule has 1 aromatic heterocycles. The molecule has 1 radical (unpaired) electrons. The van der Waals surface area contributed by atoms with E-state index < -0.39 is 6.10 Å². The fraction of sp³-hybridized carbons (Fsp3) is 0.200. The Balaban J connectivity index is 2.85. The van der Waals surface area contributed by atoms with E-state index in [9.17, 15) is 0 Å². The number of aromatic nitrogens is 1. The van der Waals surface area contributed by atoms with Crippen LogP contribution in [0.3, 0.4) is 0 Å². The van der Waals surface area contributed by atoms with Gasteiger partial charge in [0.25, 0.3) is 0 Å². The van der Waals surface area contributed by atoms with E-state index in [1.165, 1.54) is 17.5 Å². The summed E-state index contributed by atoms with van der Waals surface area (Å²) in [4.78, 5) is 4.42. The van der Waals surface area contributed by atoms with Gasteiger partial charge in [0.05, 0.1) is 11.0 Å². The first kappa shape index (κ1) is 6.99. The number of aliphatic hydroxyl groups excluding tert-OH is 1. The molecule has 0 saturated heterocycles. The lowest BCUT2D eigenvalue weighted by molar-refractivity contribution is 0.229. The Labute approximate surface area is 62.1 Å². The van der Waals surface area contributed by atoms with Gasteiger partial charge in [-0.2, -0.15) is 0 Å². The smallest absolute Gasteiger partial charge is 0.183 e. The maximum Gasteiger partial charge on any atom is 0.183 e. The standard InChI is InChI=1S/C5H5ClNOS/c1-3(8)4-2-7-5(6)9-4/h2-3,8H,1H2. The lowest BCUT2D eigenvalue weighted by Crippen LogP contribution is -1.84. The van der Waals surface area contributed by atoms with Gasteiger partial charge in [-0.1, -0.05) is 11.6 Å². The third kappa shape index (κ3) is 1.64. The number of rotatable bonds is 1. The zero-order valence-corrected chi connectivity index (χ0v) is 6.11. The molecule has 0 amide bonds. The van der Waals surface area contributed by atoms with E-state index in [1.807, 2.05) is 0 Å². The Bertz CT molecular complexity index is 199. The van der Waals surface area contributed by atoms with Crippen LogP contribution in [0.5, 0.6) is 0 Å². The minimum absolute atomic E-state index is 0.438. The normalized spacial score (nSPS) is 13.7. The maximum atomic E-state index is 8.84. The predicted molar refractivity (Wildman–Crippen MR) is 37.4 cm³/mol. The molecule has 2 nitrogen and oxygen atoms in total. The van der Waals surface area contributed by atoms with E-state index >= 15 is 0 Å². The summed E-state index contributed by atoms with van der Waals surface area (Å²) in [6.45, 7) is 3.39. The lowest BCUT2D eigenvalue weighted by atomic mass is 10.4. The van der Waals surface area contributed by atoms with Crippen molar-refractivity contribution in [1.82, 2.24) is 4.98 Å². The molecular formula is C5H5ClNOS. The van der Waals surface area contributed by atoms with Crippen LogP contribution in [0.2, 0.25) is 4.47 Å². The average Bonchev–Trinajstić information content (AvgIpc) is 2.14. The van der Waals surface area contributed by atoms with Gasteiger partial charge >= 0.3 is 0 Å². The molecule has 0 spiro atoms. The summed E-state index contributed by atoms with van der Waals surface area (Å²) in [7, 11) is 0. The summed E-state index contributed by atoms with van der Waals surface area (Å²) in [5.41, 5.74) is 0. The van der Waals surface area contributed by atoms with Crippen LogP contribution in [-0.2, 0) is 0 Å². The summed E-state index contributed by atoms with van der Waals surface area (Å²) in [5, 5.41) is 8.84. The minimum Gasteiger partial charge on any atom is -0.388 e. The fourth-order valence-electron chi connectivity index (χ4n) is 0.418. The average molecular weight is 163 g/mol. The van der Waals surface area contributed by atoms with Crippen LogP contribution in [0.1, 0.15) is 11.0 Å². The molecule has 1 atom stereocenters. The summed E-state index contributed by atoms with van der Waals surface area (Å²) in [6.07, 6.45) is 0.819. The summed E-state index contributed by atoms with van der Waals surface area (Å²) >= 11 is 6.71. The van der Waals surface area contributed by atoms with Crippen molar-refractivity contribution in [3.05, 3.63) is 22.5 Å². The molecule has 0 fully saturated rings. The summed E-state index contributed by atoms with van der Waals surface area (Å²) in [6, 6.07) is 0. The molecule has 1 rings (SSSR count). The van der Waals surface area contributed by atoms with E-state index in [2.05, 4.69) is 11.9 Å². The lowest BCUT2D eigenvalue weighted by Gasteiger charge is -1.93. The van der Waals surface area contributed by atoms with Crippen molar-refractivity contribution in [2.45, 2.75) is 6.10 Å². The quantitative estimate of drug-likeness (QED) is 0.682. The second kappa shape index (κ2) is 2.64. The summed E-state index contributed by atoms with van der Waals surface area (Å²) in [5.74, 6) is 0. The van der Waals surface area contributed by atoms with E-state index in [0.29, 0.717) is 9.34 Å². The first-order valence-corrected chi connectivity index (χ1v) is 3.52. The zero-order chi connectivity index (χ0) is 6.85. The van der Waals surface area contributed by atoms with Crippen molar-refractivity contribution in [1.29, 1.82) is 0 Å². The number of aliphatic hydroxyl groups is 1. The molecule has 4 heteroatoms. The van der Waals surface area contributed by atoms with Gasteiger partial charge in [-0.15, -0.1) is 11.3 Å². The highest BCUT2D eigenvalue weighted by molar-refractivity contribution is 7.15. The molecule has 0 aliphatic heterocycles. The number of hydrogen-bond acceptors (Lipinski definition) is 3. The van der Waals surface area contributed by atoms with Crippen LogP contribution in [0, 0.1) is 6.92 Å². The van der Waals surface area contributed by atoms with Gasteiger partial charge in [-0.25, -0.2) is 4.98 Å². The van der Waals surface area contributed by atoms with Crippen molar-refractivity contribution in [3.8, 4) is 0 Å². The highest BCUT2D eigenvalue weighted by Gasteiger charge is 2.03. The van der Waals surface area contributed by atoms with Crippen LogP contribution in [-0.4, -0.2) is 10.1 Å². The highest BCUT2D eigenvalue weighted by atomic mass is 35.5. The number of hydrogen-bond donors (Lipinski definition) is 1. The van der Waals surface area contributed by atoms with E-state index in [4.69, 9.17) is 16.7 Å². The van der Waals surface area contributed by atoms with Crippen LogP contribution in [0.15, 0.2) is 6.20 Å². The molecule has 0 aromatic carbocycles. The van der Waals surface area contributed by atoms with Crippen molar-refractivity contribution >= 4 is 22.9 Å². The molecule has 0 saturated carbocycles. The molecule has 0 aliphatic rings. The van der Waals surface area contributed by atoms with Crippen molar-refractivity contribution in [2.24, 2.45) is 0 Å². The van der Waals surface area contributed by atoms with Gasteiger partial charge in [0.1, 0.15) is 0 Å². The van der Waals surface area contributed by atoms with Gasteiger partial charge in [-0.3, -0.25) is 0 Å². The molecule has 1 aromatic rings. The zero-order valence-electron chi connectivity index (χ0n) is 4.54. The first-order valence-electron chi connectivity index (χ1n) is 2.32. The topological polar surface area (TPSA) is 33.1 Å². The van der Waals surface area contributed by atoms with Gasteiger partial charge in [0.2, 0.25) is 0 Å². The van der Waals surface area contributed by atoms with Crippen LogP contribution < -0.4 is 0 Å². The second-order valence-electron chi connectivity index (χ2n) is 1.53. The van der Waals surface area contributed by atoms with Crippen LogP contribution >= 0.6 is 22.9 Å². The molecule has 1 N–H and O–H groups in total. The number of nitrogens with zero attached hydrogens (tertiary/aromatic N) is 1. The summed E-state index contributed by atoms with van der Waals surface area (Å²) < 4.78 is 0.438. The Morgan fingerprint density at radius 2 is 2.56 bits per heavy atom. The Kier molecular flexibility index (Phi) is 2.05. The molecular weight excluding hydrogens is 158 g/mol. The van der Waals surface area contributed by atoms with Gasteiger partial charge in [-0.05, 0) is 6.92 Å². The van der Waals surface area contributed by atoms with E-state index in [0.717, 1.165) is 0 Å². The van der Waals surface area contributed by atoms with Crippen molar-refractivity contribution < 1.29 is 5.11 Å². The fourth-order valence-corrected chi connectivity index (χ4v) is 1.28. The van der Waals surface area contributed by atoms with Gasteiger partial charge < -0.3 is 5.11 Å². The third-order valence-corrected chi connectivity index (χ3v) is 2.04. The Morgan fingerprint density at radius 1 is 1.89 bits per heavy atom. The number of halogens is 1. The largest absolute Gasteiger partial charge is 0.388 e. The molecule has 0 aliphatic carbocycles. The Hall–Kier alpha value is -0.120. The minimum atomic E-state index is -0.699. The molecule has 1 heterocycles. The van der Waals surface area contributed by atoms with Gasteiger partial charge in [0.15, 0.2) is 4.47 Å². The third-order valence-electron chi connectivity index (χ3n) is 0.824. The SMILES string of the molecule is [CH2]C(O)c1cnc(Cl)s1. The number of thiazole rings is 1. The Morgan fingerprint density at radius 3 is 2.78 bits per heavy atom. The van der Waals surface area contributed by atoms with Crippen molar-refractivity contribution in [3.63, 3.8) is 0 Å². The molecule has 9 heavy (non-hydrogen) atoms. The second-order valence-corrected chi connectivity index (χ2v) is 3.18. The van der Waals surface area contributed by atoms with E-state index in [1.54, 1.807) is 0 Å².